The highest BCUT2D eigenvalue weighted by atomic mass is 19.4. The molecule has 2 rings (SSSR count). The monoisotopic (exact) mass is 383 g/mol. The van der Waals surface area contributed by atoms with Gasteiger partial charge < -0.3 is 4.84 Å². The Morgan fingerprint density at radius 1 is 1.07 bits per heavy atom. The Hall–Kier alpha value is -2.42. The number of para-hydroxylation sites is 1. The summed E-state index contributed by atoms with van der Waals surface area (Å²) in [5.74, 6) is -1.29. The largest absolute Gasteiger partial charge is 0.451 e. The van der Waals surface area contributed by atoms with E-state index in [1.54, 1.807) is 18.2 Å². The molecule has 0 saturated carbocycles. The van der Waals surface area contributed by atoms with Crippen LogP contribution in [0.1, 0.15) is 46.9 Å². The van der Waals surface area contributed by atoms with Crippen LogP contribution in [0.15, 0.2) is 29.4 Å². The Bertz CT molecular complexity index is 813. The summed E-state index contributed by atoms with van der Waals surface area (Å²) in [5.41, 5.74) is 5.32. The van der Waals surface area contributed by atoms with Gasteiger partial charge in [0.25, 0.3) is 0 Å². The zero-order valence-corrected chi connectivity index (χ0v) is 16.0. The molecule has 0 atom stereocenters. The van der Waals surface area contributed by atoms with E-state index < -0.39 is 12.0 Å². The Labute approximate surface area is 156 Å². The van der Waals surface area contributed by atoms with E-state index >= 15 is 0 Å². The Kier molecular flexibility index (Phi) is 5.94. The van der Waals surface area contributed by atoms with Crippen molar-refractivity contribution in [3.63, 3.8) is 0 Å². The van der Waals surface area contributed by atoms with E-state index in [9.17, 15) is 13.2 Å². The number of alkyl halides is 3. The van der Waals surface area contributed by atoms with Crippen molar-refractivity contribution in [1.29, 1.82) is 0 Å². The minimum Gasteiger partial charge on any atom is -0.394 e. The van der Waals surface area contributed by atoms with E-state index in [1.807, 2.05) is 13.8 Å². The molecule has 2 N–H and O–H groups in total. The van der Waals surface area contributed by atoms with Crippen molar-refractivity contribution < 1.29 is 18.0 Å². The number of nitrogens with zero attached hydrogens (tertiary/aromatic N) is 3. The van der Waals surface area contributed by atoms with Crippen LogP contribution in [0.5, 0.6) is 0 Å². The molecule has 0 aliphatic carbocycles. The highest BCUT2D eigenvalue weighted by molar-refractivity contribution is 5.89. The van der Waals surface area contributed by atoms with Crippen LogP contribution < -0.4 is 10.9 Å². The van der Waals surface area contributed by atoms with E-state index in [4.69, 9.17) is 4.84 Å². The van der Waals surface area contributed by atoms with Gasteiger partial charge in [-0.25, -0.2) is 9.97 Å². The van der Waals surface area contributed by atoms with Crippen molar-refractivity contribution in [2.24, 2.45) is 10.5 Å². The number of aromatic nitrogens is 2. The molecule has 0 radical (unpaired) electrons. The molecule has 1 aromatic heterocycles. The van der Waals surface area contributed by atoms with Crippen molar-refractivity contribution in [1.82, 2.24) is 15.4 Å². The Morgan fingerprint density at radius 2 is 1.74 bits per heavy atom. The molecule has 0 aliphatic rings. The van der Waals surface area contributed by atoms with E-state index in [-0.39, 0.29) is 22.3 Å². The van der Waals surface area contributed by atoms with Crippen LogP contribution in [0.4, 0.5) is 19.0 Å². The van der Waals surface area contributed by atoms with Gasteiger partial charge in [0.15, 0.2) is 5.82 Å². The number of fused-ring (bicyclic) bond motifs is 1. The first kappa shape index (κ1) is 20.9. The Morgan fingerprint density at radius 3 is 2.37 bits per heavy atom. The summed E-state index contributed by atoms with van der Waals surface area (Å²) in [7, 11) is 0. The second-order valence-electron chi connectivity index (χ2n) is 8.10. The highest BCUT2D eigenvalue weighted by Gasteiger charge is 2.35. The maximum absolute atomic E-state index is 13.0. The maximum Gasteiger partial charge on any atom is 0.451 e. The summed E-state index contributed by atoms with van der Waals surface area (Å²) in [6.45, 7) is 10.3. The quantitative estimate of drug-likeness (QED) is 0.428. The lowest BCUT2D eigenvalue weighted by molar-refractivity contribution is -0.144. The van der Waals surface area contributed by atoms with Gasteiger partial charge in [-0.3, -0.25) is 5.43 Å². The average molecular weight is 383 g/mol. The van der Waals surface area contributed by atoms with E-state index in [1.165, 1.54) is 6.07 Å². The molecule has 0 unspecified atom stereocenters. The number of hydroxylamine groups is 1. The summed E-state index contributed by atoms with van der Waals surface area (Å²) in [6, 6.07) is 6.38. The van der Waals surface area contributed by atoms with Gasteiger partial charge in [-0.05, 0) is 37.8 Å². The number of hydrazone groups is 1. The minimum absolute atomic E-state index is 0.0540. The van der Waals surface area contributed by atoms with Crippen molar-refractivity contribution in [2.45, 2.75) is 52.8 Å². The van der Waals surface area contributed by atoms with Crippen molar-refractivity contribution in [3.05, 3.63) is 30.1 Å². The molecule has 6 nitrogen and oxygen atoms in total. The number of nitrogens with one attached hydrogen (secondary N) is 2. The van der Waals surface area contributed by atoms with Gasteiger partial charge in [-0.1, -0.05) is 32.9 Å². The van der Waals surface area contributed by atoms with Gasteiger partial charge in [0.05, 0.1) is 5.52 Å². The standard InChI is InChI=1S/C18H24F3N5O/c1-16(2,3)10-17(4,5)26-27-11-22-25-14-12-8-6-7-9-13(12)23-15(24-14)18(19,20)21/h6-9,11,26H,10H2,1-5H3,(H,23,24,25)/b22-11+. The molecule has 0 amide bonds. The van der Waals surface area contributed by atoms with Crippen molar-refractivity contribution in [3.8, 4) is 0 Å². The van der Waals surface area contributed by atoms with Crippen molar-refractivity contribution in [2.75, 3.05) is 5.43 Å². The predicted molar refractivity (Wildman–Crippen MR) is 99.0 cm³/mol. The third kappa shape index (κ3) is 6.35. The van der Waals surface area contributed by atoms with Crippen LogP contribution in [-0.4, -0.2) is 21.9 Å². The van der Waals surface area contributed by atoms with Gasteiger partial charge in [0.1, 0.15) is 0 Å². The smallest absolute Gasteiger partial charge is 0.394 e. The molecule has 0 aliphatic heterocycles. The predicted octanol–water partition coefficient (Wildman–Crippen LogP) is 4.74. The molecular weight excluding hydrogens is 359 g/mol. The Balaban J connectivity index is 2.09. The summed E-state index contributed by atoms with van der Waals surface area (Å²) in [6.07, 6.45) is -2.74. The molecule has 9 heteroatoms. The van der Waals surface area contributed by atoms with Crippen LogP contribution in [0.3, 0.4) is 0 Å². The lowest BCUT2D eigenvalue weighted by Gasteiger charge is -2.31. The average Bonchev–Trinajstić information content (AvgIpc) is 2.51. The summed E-state index contributed by atoms with van der Waals surface area (Å²) in [5, 5.41) is 4.22. The van der Waals surface area contributed by atoms with Gasteiger partial charge >= 0.3 is 6.18 Å². The third-order valence-corrected chi connectivity index (χ3v) is 3.44. The molecule has 0 spiro atoms. The topological polar surface area (TPSA) is 71.4 Å². The van der Waals surface area contributed by atoms with E-state index in [0.29, 0.717) is 5.39 Å². The number of anilines is 1. The number of benzene rings is 1. The second kappa shape index (κ2) is 7.67. The summed E-state index contributed by atoms with van der Waals surface area (Å²) < 4.78 is 38.9. The van der Waals surface area contributed by atoms with Crippen LogP contribution in [0.25, 0.3) is 10.9 Å². The molecule has 1 heterocycles. The van der Waals surface area contributed by atoms with Gasteiger partial charge in [-0.15, -0.1) is 10.6 Å². The van der Waals surface area contributed by atoms with Crippen LogP contribution in [-0.2, 0) is 11.0 Å². The normalized spacial score (nSPS) is 13.3. The fraction of sp³-hybridized carbons (Fsp3) is 0.500. The lowest BCUT2D eigenvalue weighted by atomic mass is 9.82. The van der Waals surface area contributed by atoms with Crippen molar-refractivity contribution >= 4 is 23.1 Å². The fourth-order valence-electron chi connectivity index (χ4n) is 2.95. The van der Waals surface area contributed by atoms with Crippen LogP contribution in [0, 0.1) is 5.41 Å². The molecule has 0 saturated heterocycles. The lowest BCUT2D eigenvalue weighted by Crippen LogP contribution is -2.42. The molecule has 0 bridgehead atoms. The van der Waals surface area contributed by atoms with E-state index in [0.717, 1.165) is 12.8 Å². The number of hydrogen-bond donors (Lipinski definition) is 2. The first-order valence-corrected chi connectivity index (χ1v) is 8.42. The molecular formula is C18H24F3N5O. The molecule has 148 valence electrons. The first-order valence-electron chi connectivity index (χ1n) is 8.42. The third-order valence-electron chi connectivity index (χ3n) is 3.44. The van der Waals surface area contributed by atoms with E-state index in [2.05, 4.69) is 46.7 Å². The van der Waals surface area contributed by atoms with Gasteiger partial charge in [-0.2, -0.15) is 13.2 Å². The minimum atomic E-state index is -4.65. The SMILES string of the molecule is CC(C)(C)CC(C)(C)NO/C=N/Nc1nc(C(F)(F)F)nc2ccccc12. The molecule has 2 aromatic rings. The van der Waals surface area contributed by atoms with Gasteiger partial charge in [0, 0.05) is 10.9 Å². The van der Waals surface area contributed by atoms with Gasteiger partial charge in [0.2, 0.25) is 12.2 Å². The fourth-order valence-corrected chi connectivity index (χ4v) is 2.95. The highest BCUT2D eigenvalue weighted by Crippen LogP contribution is 2.30. The molecule has 0 fully saturated rings. The maximum atomic E-state index is 13.0. The summed E-state index contributed by atoms with van der Waals surface area (Å²) in [4.78, 5) is 12.3. The second-order valence-corrected chi connectivity index (χ2v) is 8.10. The molecule has 1 aromatic carbocycles. The summed E-state index contributed by atoms with van der Waals surface area (Å²) >= 11 is 0. The number of rotatable bonds is 6. The van der Waals surface area contributed by atoms with Crippen LogP contribution in [0.2, 0.25) is 0 Å². The number of hydrogen-bond acceptors (Lipinski definition) is 6. The van der Waals surface area contributed by atoms with Crippen LogP contribution >= 0.6 is 0 Å². The zero-order chi connectivity index (χ0) is 20.3. The number of halogens is 3. The molecule has 27 heavy (non-hydrogen) atoms. The zero-order valence-electron chi connectivity index (χ0n) is 16.0. The first-order chi connectivity index (χ1) is 12.4.